The summed E-state index contributed by atoms with van der Waals surface area (Å²) < 4.78 is 2.68. The van der Waals surface area contributed by atoms with Crippen LogP contribution in [0.5, 0.6) is 0 Å². The molecular formula is C13H12BrNO. The number of aromatic nitrogens is 1. The van der Waals surface area contributed by atoms with Crippen LogP contribution in [0, 0.1) is 13.8 Å². The van der Waals surface area contributed by atoms with Crippen molar-refractivity contribution in [2.45, 2.75) is 13.8 Å². The molecular weight excluding hydrogens is 266 g/mol. The van der Waals surface area contributed by atoms with E-state index in [4.69, 9.17) is 0 Å². The van der Waals surface area contributed by atoms with Gasteiger partial charge in [-0.15, -0.1) is 0 Å². The summed E-state index contributed by atoms with van der Waals surface area (Å²) in [5.41, 5.74) is 2.98. The lowest BCUT2D eigenvalue weighted by atomic mass is 10.2. The van der Waals surface area contributed by atoms with Crippen LogP contribution in [0.3, 0.4) is 0 Å². The first kappa shape index (κ1) is 11.1. The Morgan fingerprint density at radius 3 is 2.50 bits per heavy atom. The molecule has 16 heavy (non-hydrogen) atoms. The van der Waals surface area contributed by atoms with Gasteiger partial charge in [0.25, 0.3) is 5.56 Å². The highest BCUT2D eigenvalue weighted by atomic mass is 79.9. The number of halogens is 1. The maximum atomic E-state index is 11.8. The third kappa shape index (κ3) is 2.09. The fourth-order valence-corrected chi connectivity index (χ4v) is 2.14. The summed E-state index contributed by atoms with van der Waals surface area (Å²) in [6, 6.07) is 9.46. The molecule has 1 aromatic heterocycles. The molecule has 0 aliphatic rings. The average Bonchev–Trinajstić information content (AvgIpc) is 2.19. The maximum Gasteiger partial charge on any atom is 0.255 e. The highest BCUT2D eigenvalue weighted by Gasteiger charge is 2.03. The molecule has 0 spiro atoms. The Bertz CT molecular complexity index is 587. The van der Waals surface area contributed by atoms with E-state index in [0.29, 0.717) is 0 Å². The van der Waals surface area contributed by atoms with Gasteiger partial charge < -0.3 is 0 Å². The molecule has 1 aromatic carbocycles. The molecule has 0 saturated heterocycles. The summed E-state index contributed by atoms with van der Waals surface area (Å²) in [5.74, 6) is 0. The molecule has 0 amide bonds. The van der Waals surface area contributed by atoms with Crippen molar-refractivity contribution in [2.24, 2.45) is 0 Å². The molecule has 2 nitrogen and oxygen atoms in total. The van der Waals surface area contributed by atoms with Gasteiger partial charge in [0.1, 0.15) is 0 Å². The van der Waals surface area contributed by atoms with Crippen LogP contribution in [0.4, 0.5) is 0 Å². The number of pyridine rings is 1. The standard InChI is InChI=1S/C13H12BrNO/c1-9-5-6-15(13(16)7-9)12-4-3-11(14)8-10(12)2/h3-8H,1-2H3. The van der Waals surface area contributed by atoms with Crippen LogP contribution in [0.1, 0.15) is 11.1 Å². The first-order chi connectivity index (χ1) is 7.58. The van der Waals surface area contributed by atoms with E-state index in [-0.39, 0.29) is 5.56 Å². The molecule has 0 bridgehead atoms. The Morgan fingerprint density at radius 2 is 1.88 bits per heavy atom. The van der Waals surface area contributed by atoms with E-state index < -0.39 is 0 Å². The van der Waals surface area contributed by atoms with Gasteiger partial charge in [-0.3, -0.25) is 9.36 Å². The van der Waals surface area contributed by atoms with E-state index in [1.165, 1.54) is 0 Å². The van der Waals surface area contributed by atoms with E-state index in [9.17, 15) is 4.79 Å². The number of hydrogen-bond donors (Lipinski definition) is 0. The number of hydrogen-bond acceptors (Lipinski definition) is 1. The van der Waals surface area contributed by atoms with Crippen LogP contribution in [0.15, 0.2) is 45.8 Å². The van der Waals surface area contributed by atoms with Crippen LogP contribution in [-0.4, -0.2) is 4.57 Å². The molecule has 0 aliphatic carbocycles. The predicted octanol–water partition coefficient (Wildman–Crippen LogP) is 3.22. The summed E-state index contributed by atoms with van der Waals surface area (Å²) >= 11 is 3.41. The van der Waals surface area contributed by atoms with E-state index in [0.717, 1.165) is 21.3 Å². The molecule has 2 aromatic rings. The summed E-state index contributed by atoms with van der Waals surface area (Å²) in [5, 5.41) is 0. The normalized spacial score (nSPS) is 10.4. The second-order valence-electron chi connectivity index (χ2n) is 3.84. The Balaban J connectivity index is 2.63. The lowest BCUT2D eigenvalue weighted by Crippen LogP contribution is -2.17. The first-order valence-electron chi connectivity index (χ1n) is 5.04. The van der Waals surface area contributed by atoms with E-state index in [2.05, 4.69) is 15.9 Å². The van der Waals surface area contributed by atoms with Gasteiger partial charge in [0, 0.05) is 16.7 Å². The fraction of sp³-hybridized carbons (Fsp3) is 0.154. The minimum atomic E-state index is 0.00502. The van der Waals surface area contributed by atoms with Gasteiger partial charge >= 0.3 is 0 Å². The van der Waals surface area contributed by atoms with Gasteiger partial charge in [-0.05, 0) is 49.2 Å². The topological polar surface area (TPSA) is 22.0 Å². The number of benzene rings is 1. The molecule has 0 fully saturated rings. The Morgan fingerprint density at radius 1 is 1.12 bits per heavy atom. The average molecular weight is 278 g/mol. The van der Waals surface area contributed by atoms with Crippen molar-refractivity contribution in [3.05, 3.63) is 62.5 Å². The summed E-state index contributed by atoms with van der Waals surface area (Å²) in [4.78, 5) is 11.8. The van der Waals surface area contributed by atoms with Crippen LogP contribution < -0.4 is 5.56 Å². The van der Waals surface area contributed by atoms with Crippen LogP contribution in [-0.2, 0) is 0 Å². The third-order valence-corrected chi connectivity index (χ3v) is 2.99. The molecule has 3 heteroatoms. The zero-order chi connectivity index (χ0) is 11.7. The lowest BCUT2D eigenvalue weighted by molar-refractivity contribution is 0.970. The van der Waals surface area contributed by atoms with Gasteiger partial charge in [-0.2, -0.15) is 0 Å². The first-order valence-corrected chi connectivity index (χ1v) is 5.83. The highest BCUT2D eigenvalue weighted by Crippen LogP contribution is 2.18. The van der Waals surface area contributed by atoms with Gasteiger partial charge in [-0.1, -0.05) is 15.9 Å². The number of rotatable bonds is 1. The minimum Gasteiger partial charge on any atom is -0.284 e. The highest BCUT2D eigenvalue weighted by molar-refractivity contribution is 9.10. The third-order valence-electron chi connectivity index (χ3n) is 2.49. The molecule has 1 heterocycles. The predicted molar refractivity (Wildman–Crippen MR) is 69.2 cm³/mol. The zero-order valence-electron chi connectivity index (χ0n) is 9.20. The fourth-order valence-electron chi connectivity index (χ4n) is 1.67. The van der Waals surface area contributed by atoms with Gasteiger partial charge in [0.05, 0.1) is 5.69 Å². The molecule has 0 aliphatic heterocycles. The Hall–Kier alpha value is -1.35. The van der Waals surface area contributed by atoms with Crippen LogP contribution in [0.2, 0.25) is 0 Å². The smallest absolute Gasteiger partial charge is 0.255 e. The maximum absolute atomic E-state index is 11.8. The van der Waals surface area contributed by atoms with Crippen molar-refractivity contribution < 1.29 is 0 Å². The van der Waals surface area contributed by atoms with Crippen molar-refractivity contribution in [1.82, 2.24) is 4.57 Å². The zero-order valence-corrected chi connectivity index (χ0v) is 10.8. The van der Waals surface area contributed by atoms with E-state index in [1.54, 1.807) is 10.6 Å². The van der Waals surface area contributed by atoms with E-state index in [1.807, 2.05) is 44.3 Å². The largest absolute Gasteiger partial charge is 0.284 e. The van der Waals surface area contributed by atoms with Crippen molar-refractivity contribution >= 4 is 15.9 Å². The second-order valence-corrected chi connectivity index (χ2v) is 4.76. The number of aryl methyl sites for hydroxylation is 2. The van der Waals surface area contributed by atoms with Crippen LogP contribution >= 0.6 is 15.9 Å². The molecule has 0 radical (unpaired) electrons. The molecule has 82 valence electrons. The summed E-state index contributed by atoms with van der Waals surface area (Å²) in [6.07, 6.45) is 1.81. The van der Waals surface area contributed by atoms with Gasteiger partial charge in [0.2, 0.25) is 0 Å². The molecule has 0 atom stereocenters. The Kier molecular flexibility index (Phi) is 2.97. The quantitative estimate of drug-likeness (QED) is 0.785. The molecule has 0 saturated carbocycles. The molecule has 2 rings (SSSR count). The van der Waals surface area contributed by atoms with Crippen molar-refractivity contribution in [3.63, 3.8) is 0 Å². The summed E-state index contributed by atoms with van der Waals surface area (Å²) in [7, 11) is 0. The lowest BCUT2D eigenvalue weighted by Gasteiger charge is -2.09. The minimum absolute atomic E-state index is 0.00502. The van der Waals surface area contributed by atoms with Gasteiger partial charge in [-0.25, -0.2) is 0 Å². The molecule has 0 unspecified atom stereocenters. The summed E-state index contributed by atoms with van der Waals surface area (Å²) in [6.45, 7) is 3.91. The van der Waals surface area contributed by atoms with E-state index >= 15 is 0 Å². The monoisotopic (exact) mass is 277 g/mol. The second kappa shape index (κ2) is 4.26. The van der Waals surface area contributed by atoms with Crippen molar-refractivity contribution in [3.8, 4) is 5.69 Å². The Labute approximate surface area is 103 Å². The van der Waals surface area contributed by atoms with Gasteiger partial charge in [0.15, 0.2) is 0 Å². The van der Waals surface area contributed by atoms with Crippen molar-refractivity contribution in [2.75, 3.05) is 0 Å². The SMILES string of the molecule is Cc1ccn(-c2ccc(Br)cc2C)c(=O)c1. The van der Waals surface area contributed by atoms with Crippen molar-refractivity contribution in [1.29, 1.82) is 0 Å². The number of nitrogens with zero attached hydrogens (tertiary/aromatic N) is 1. The molecule has 0 N–H and O–H groups in total. The van der Waals surface area contributed by atoms with Crippen LogP contribution in [0.25, 0.3) is 5.69 Å².